The third-order valence-corrected chi connectivity index (χ3v) is 6.34. The van der Waals surface area contributed by atoms with E-state index in [-0.39, 0.29) is 12.4 Å². The summed E-state index contributed by atoms with van der Waals surface area (Å²) in [7, 11) is -4.65. The second kappa shape index (κ2) is 17.7. The molecule has 0 bridgehead atoms. The number of hydrogen-bond acceptors (Lipinski definition) is 5. The van der Waals surface area contributed by atoms with Crippen LogP contribution in [0.1, 0.15) is 110 Å². The highest BCUT2D eigenvalue weighted by Crippen LogP contribution is 2.41. The number of esters is 1. The van der Waals surface area contributed by atoms with Crippen LogP contribution in [-0.2, 0) is 23.4 Å². The van der Waals surface area contributed by atoms with Crippen molar-refractivity contribution in [3.8, 4) is 0 Å². The van der Waals surface area contributed by atoms with Gasteiger partial charge in [-0.1, -0.05) is 70.4 Å². The Balaban J connectivity index is 2.05. The van der Waals surface area contributed by atoms with Crippen LogP contribution in [0.3, 0.4) is 0 Å². The minimum absolute atomic E-state index is 0.279. The molecule has 32 heavy (non-hydrogen) atoms. The lowest BCUT2D eigenvalue weighted by Crippen LogP contribution is -2.46. The summed E-state index contributed by atoms with van der Waals surface area (Å²) in [4.78, 5) is 30.3. The summed E-state index contributed by atoms with van der Waals surface area (Å²) in [6.45, 7) is 4.28. The molecule has 0 aromatic heterocycles. The molecule has 2 N–H and O–H groups in total. The maximum absolute atomic E-state index is 12.2. The number of carbonyl (C=O) groups excluding carboxylic acids is 1. The van der Waals surface area contributed by atoms with Crippen molar-refractivity contribution in [2.45, 2.75) is 128 Å². The van der Waals surface area contributed by atoms with Gasteiger partial charge in [0.1, 0.15) is 6.10 Å². The fourth-order valence-electron chi connectivity index (χ4n) is 3.94. The Kier molecular flexibility index (Phi) is 16.2. The Hall–Kier alpha value is -0.720. The van der Waals surface area contributed by atoms with Gasteiger partial charge < -0.3 is 19.3 Å². The molecule has 0 spiro atoms. The first-order valence-electron chi connectivity index (χ1n) is 12.5. The molecule has 1 heterocycles. The number of allylic oxidation sites excluding steroid dienone is 2. The van der Waals surface area contributed by atoms with Crippen LogP contribution in [0.5, 0.6) is 0 Å². The van der Waals surface area contributed by atoms with Crippen molar-refractivity contribution in [1.29, 1.82) is 0 Å². The molecule has 188 valence electrons. The molecule has 7 nitrogen and oxygen atoms in total. The number of ether oxygens (including phenoxy) is 2. The van der Waals surface area contributed by atoms with Gasteiger partial charge in [0.15, 0.2) is 6.10 Å². The summed E-state index contributed by atoms with van der Waals surface area (Å²) in [5.41, 5.74) is 0. The second-order valence-corrected chi connectivity index (χ2v) is 9.98. The number of hydrogen-bond donors (Lipinski definition) is 2. The zero-order valence-corrected chi connectivity index (χ0v) is 21.0. The van der Waals surface area contributed by atoms with Gasteiger partial charge in [-0.25, -0.2) is 4.57 Å². The average molecular weight is 477 g/mol. The van der Waals surface area contributed by atoms with Gasteiger partial charge in [0.2, 0.25) is 0 Å². The lowest BCUT2D eigenvalue weighted by Gasteiger charge is -2.35. The monoisotopic (exact) mass is 476 g/mol. The molecule has 1 aliphatic rings. The molecular formula is C24H45O7P. The standard InChI is InChI=1S/C24H45O7P/c1-3-4-5-6-7-8-9-10-11-12-13-14-15-16-17-18-23(25)30-24-21(2)29-20-19-22(24)31-32(26,27)28/h10-11,21-22,24H,3-9,12-20H2,1-2H3,(H2,26,27,28)/b11-10-/t21-,22+,24-/m1/s1. The topological polar surface area (TPSA) is 102 Å². The van der Waals surface area contributed by atoms with Crippen LogP contribution in [0.15, 0.2) is 12.2 Å². The quantitative estimate of drug-likeness (QED) is 0.105. The molecule has 1 aliphatic heterocycles. The molecule has 1 rings (SSSR count). The van der Waals surface area contributed by atoms with E-state index in [4.69, 9.17) is 23.8 Å². The van der Waals surface area contributed by atoms with Crippen molar-refractivity contribution in [3.63, 3.8) is 0 Å². The molecule has 0 radical (unpaired) electrons. The molecule has 0 aromatic carbocycles. The molecule has 0 aromatic rings. The Bertz CT molecular complexity index is 561. The highest BCUT2D eigenvalue weighted by Gasteiger charge is 2.39. The predicted octanol–water partition coefficient (Wildman–Crippen LogP) is 6.22. The zero-order valence-electron chi connectivity index (χ0n) is 20.1. The summed E-state index contributed by atoms with van der Waals surface area (Å²) < 4.78 is 26.8. The summed E-state index contributed by atoms with van der Waals surface area (Å²) in [6, 6.07) is 0. The van der Waals surface area contributed by atoms with E-state index in [1.54, 1.807) is 6.92 Å². The van der Waals surface area contributed by atoms with Crippen LogP contribution in [0.25, 0.3) is 0 Å². The lowest BCUT2D eigenvalue weighted by molar-refractivity contribution is -0.178. The van der Waals surface area contributed by atoms with E-state index in [9.17, 15) is 9.36 Å². The van der Waals surface area contributed by atoms with Crippen LogP contribution >= 0.6 is 7.82 Å². The van der Waals surface area contributed by atoms with Gasteiger partial charge in [0, 0.05) is 19.4 Å². The molecule has 0 aliphatic carbocycles. The van der Waals surface area contributed by atoms with Crippen molar-refractivity contribution >= 4 is 13.8 Å². The highest BCUT2D eigenvalue weighted by molar-refractivity contribution is 7.46. The number of phosphoric acid groups is 1. The molecule has 0 amide bonds. The molecule has 0 saturated carbocycles. The molecule has 8 heteroatoms. The first-order valence-corrected chi connectivity index (χ1v) is 14.1. The second-order valence-electron chi connectivity index (χ2n) is 8.79. The number of unbranched alkanes of at least 4 members (excludes halogenated alkanes) is 11. The van der Waals surface area contributed by atoms with Gasteiger partial charge in [0.05, 0.1) is 6.10 Å². The summed E-state index contributed by atoms with van der Waals surface area (Å²) in [5.74, 6) is -0.371. The maximum atomic E-state index is 12.2. The Morgan fingerprint density at radius 1 is 0.969 bits per heavy atom. The molecule has 1 saturated heterocycles. The van der Waals surface area contributed by atoms with E-state index in [2.05, 4.69) is 19.1 Å². The Labute approximate surface area is 194 Å². The SMILES string of the molecule is CCCCCCCC/C=C\CCCCCCCC(=O)O[C@H]1[C@@H](OP(=O)(O)O)CCO[C@@H]1C. The third-order valence-electron chi connectivity index (χ3n) is 5.80. The largest absolute Gasteiger partial charge is 0.469 e. The van der Waals surface area contributed by atoms with Crippen LogP contribution in [0.4, 0.5) is 0 Å². The van der Waals surface area contributed by atoms with Gasteiger partial charge in [-0.15, -0.1) is 0 Å². The van der Waals surface area contributed by atoms with E-state index in [0.29, 0.717) is 13.0 Å². The first kappa shape index (κ1) is 29.3. The van der Waals surface area contributed by atoms with Gasteiger partial charge >= 0.3 is 13.8 Å². The molecule has 1 fully saturated rings. The summed E-state index contributed by atoms with van der Waals surface area (Å²) in [5, 5.41) is 0. The Morgan fingerprint density at radius 2 is 1.53 bits per heavy atom. The lowest BCUT2D eigenvalue weighted by atomic mass is 10.0. The minimum Gasteiger partial charge on any atom is -0.457 e. The average Bonchev–Trinajstić information content (AvgIpc) is 2.72. The van der Waals surface area contributed by atoms with Gasteiger partial charge in [-0.05, 0) is 39.0 Å². The van der Waals surface area contributed by atoms with Crippen LogP contribution in [0.2, 0.25) is 0 Å². The molecule has 3 atom stereocenters. The first-order chi connectivity index (χ1) is 15.3. The van der Waals surface area contributed by atoms with Crippen molar-refractivity contribution in [3.05, 3.63) is 12.2 Å². The van der Waals surface area contributed by atoms with E-state index in [0.717, 1.165) is 32.1 Å². The van der Waals surface area contributed by atoms with Gasteiger partial charge in [0.25, 0.3) is 0 Å². The summed E-state index contributed by atoms with van der Waals surface area (Å²) >= 11 is 0. The highest BCUT2D eigenvalue weighted by atomic mass is 31.2. The fourth-order valence-corrected chi connectivity index (χ4v) is 4.52. The number of rotatable bonds is 18. The van der Waals surface area contributed by atoms with Crippen molar-refractivity contribution in [2.75, 3.05) is 6.61 Å². The van der Waals surface area contributed by atoms with Crippen LogP contribution in [-0.4, -0.2) is 40.7 Å². The van der Waals surface area contributed by atoms with Crippen molar-refractivity contribution < 1.29 is 33.1 Å². The van der Waals surface area contributed by atoms with E-state index >= 15 is 0 Å². The number of phosphoric ester groups is 1. The normalized spacial score (nSPS) is 21.8. The third kappa shape index (κ3) is 15.2. The van der Waals surface area contributed by atoms with Crippen LogP contribution < -0.4 is 0 Å². The van der Waals surface area contributed by atoms with E-state index < -0.39 is 26.1 Å². The fraction of sp³-hybridized carbons (Fsp3) is 0.875. The smallest absolute Gasteiger partial charge is 0.457 e. The zero-order chi connectivity index (χ0) is 23.7. The molecular weight excluding hydrogens is 431 g/mol. The van der Waals surface area contributed by atoms with Crippen LogP contribution in [0, 0.1) is 0 Å². The molecule has 0 unspecified atom stereocenters. The predicted molar refractivity (Wildman–Crippen MR) is 126 cm³/mol. The Morgan fingerprint density at radius 3 is 2.12 bits per heavy atom. The van der Waals surface area contributed by atoms with Crippen molar-refractivity contribution in [1.82, 2.24) is 0 Å². The van der Waals surface area contributed by atoms with Crippen molar-refractivity contribution in [2.24, 2.45) is 0 Å². The number of carbonyl (C=O) groups is 1. The van der Waals surface area contributed by atoms with Gasteiger partial charge in [-0.2, -0.15) is 0 Å². The van der Waals surface area contributed by atoms with E-state index in [1.807, 2.05) is 0 Å². The summed E-state index contributed by atoms with van der Waals surface area (Å²) in [6.07, 6.45) is 18.6. The minimum atomic E-state index is -4.65. The maximum Gasteiger partial charge on any atom is 0.469 e. The van der Waals surface area contributed by atoms with Gasteiger partial charge in [-0.3, -0.25) is 9.32 Å². The van der Waals surface area contributed by atoms with E-state index in [1.165, 1.54) is 51.4 Å².